The Kier molecular flexibility index (Phi) is 6.76. The first kappa shape index (κ1) is 21.9. The molecule has 5 nitrogen and oxygen atoms in total. The Morgan fingerprint density at radius 3 is 2.53 bits per heavy atom. The molecule has 3 aromatic carbocycles. The third-order valence-electron chi connectivity index (χ3n) is 5.82. The second-order valence-electron chi connectivity index (χ2n) is 8.12. The van der Waals surface area contributed by atoms with E-state index >= 15 is 0 Å². The highest BCUT2D eigenvalue weighted by Crippen LogP contribution is 2.28. The first-order valence-corrected chi connectivity index (χ1v) is 11.2. The van der Waals surface area contributed by atoms with Crippen LogP contribution in [0.4, 0.5) is 16.2 Å². The minimum atomic E-state index is -0.130. The van der Waals surface area contributed by atoms with Gasteiger partial charge in [0, 0.05) is 41.0 Å². The molecule has 0 aromatic heterocycles. The van der Waals surface area contributed by atoms with E-state index < -0.39 is 0 Å². The lowest BCUT2D eigenvalue weighted by molar-refractivity contribution is 0.102. The Hall–Kier alpha value is -3.31. The smallest absolute Gasteiger partial charge is 0.321 e. The molecule has 164 valence electrons. The number of aryl methyl sites for hydroxylation is 1. The van der Waals surface area contributed by atoms with Gasteiger partial charge in [-0.05, 0) is 73.4 Å². The summed E-state index contributed by atoms with van der Waals surface area (Å²) in [6.07, 6.45) is 1.89. The number of carbonyl (C=O) groups is 2. The van der Waals surface area contributed by atoms with Crippen LogP contribution < -0.4 is 10.6 Å². The molecule has 0 unspecified atom stereocenters. The molecule has 1 aliphatic rings. The standard InChI is InChI=1S/C26H26ClN3O2/c1-18-6-2-3-10-24(18)29-25(31)20-8-4-7-19(16-20)21-9-5-15-30(17-21)26(32)28-23-13-11-22(27)12-14-23/h2-4,6-8,10-14,16,21H,5,9,15,17H2,1H3,(H,28,32)(H,29,31)/t21-/m1/s1. The molecule has 1 heterocycles. The first-order chi connectivity index (χ1) is 15.5. The molecule has 1 saturated heterocycles. The normalized spacial score (nSPS) is 15.8. The molecule has 6 heteroatoms. The van der Waals surface area contributed by atoms with Gasteiger partial charge >= 0.3 is 6.03 Å². The number of anilines is 2. The van der Waals surface area contributed by atoms with Gasteiger partial charge in [-0.3, -0.25) is 4.79 Å². The molecule has 0 spiro atoms. The van der Waals surface area contributed by atoms with Gasteiger partial charge in [-0.1, -0.05) is 41.9 Å². The zero-order valence-electron chi connectivity index (χ0n) is 18.0. The highest BCUT2D eigenvalue weighted by molar-refractivity contribution is 6.30. The van der Waals surface area contributed by atoms with E-state index in [9.17, 15) is 9.59 Å². The minimum Gasteiger partial charge on any atom is -0.324 e. The summed E-state index contributed by atoms with van der Waals surface area (Å²) < 4.78 is 0. The van der Waals surface area contributed by atoms with Crippen LogP contribution in [0.1, 0.15) is 40.2 Å². The van der Waals surface area contributed by atoms with Gasteiger partial charge in [0.25, 0.3) is 5.91 Å². The van der Waals surface area contributed by atoms with Crippen molar-refractivity contribution in [1.29, 1.82) is 0 Å². The number of urea groups is 1. The van der Waals surface area contributed by atoms with E-state index in [2.05, 4.69) is 10.6 Å². The van der Waals surface area contributed by atoms with E-state index in [1.54, 1.807) is 24.3 Å². The van der Waals surface area contributed by atoms with Crippen LogP contribution in [0.15, 0.2) is 72.8 Å². The third-order valence-corrected chi connectivity index (χ3v) is 6.07. The predicted octanol–water partition coefficient (Wildman–Crippen LogP) is 6.31. The van der Waals surface area contributed by atoms with Crippen molar-refractivity contribution in [3.63, 3.8) is 0 Å². The van der Waals surface area contributed by atoms with Crippen molar-refractivity contribution in [3.8, 4) is 0 Å². The van der Waals surface area contributed by atoms with Gasteiger partial charge in [-0.25, -0.2) is 4.79 Å². The average molecular weight is 448 g/mol. The molecule has 0 bridgehead atoms. The molecular formula is C26H26ClN3O2. The van der Waals surface area contributed by atoms with Gasteiger partial charge < -0.3 is 15.5 Å². The van der Waals surface area contributed by atoms with Gasteiger partial charge in [-0.15, -0.1) is 0 Å². The molecular weight excluding hydrogens is 422 g/mol. The Balaban J connectivity index is 1.43. The van der Waals surface area contributed by atoms with E-state index in [0.717, 1.165) is 35.3 Å². The number of rotatable bonds is 4. The lowest BCUT2D eigenvalue weighted by atomic mass is 9.89. The summed E-state index contributed by atoms with van der Waals surface area (Å²) in [6.45, 7) is 3.30. The van der Waals surface area contributed by atoms with E-state index in [-0.39, 0.29) is 17.9 Å². The second-order valence-corrected chi connectivity index (χ2v) is 8.55. The lowest BCUT2D eigenvalue weighted by Crippen LogP contribution is -2.41. The number of nitrogens with one attached hydrogen (secondary N) is 2. The monoisotopic (exact) mass is 447 g/mol. The summed E-state index contributed by atoms with van der Waals surface area (Å²) in [7, 11) is 0. The number of likely N-dealkylation sites (tertiary alicyclic amines) is 1. The number of hydrogen-bond donors (Lipinski definition) is 2. The van der Waals surface area contributed by atoms with Crippen molar-refractivity contribution in [2.45, 2.75) is 25.7 Å². The summed E-state index contributed by atoms with van der Waals surface area (Å²) >= 11 is 5.92. The van der Waals surface area contributed by atoms with Crippen LogP contribution in [0.5, 0.6) is 0 Å². The van der Waals surface area contributed by atoms with Crippen LogP contribution in [0.25, 0.3) is 0 Å². The van der Waals surface area contributed by atoms with E-state index in [1.165, 1.54) is 0 Å². The molecule has 0 saturated carbocycles. The number of benzene rings is 3. The maximum Gasteiger partial charge on any atom is 0.321 e. The number of amides is 3. The maximum atomic E-state index is 12.8. The Morgan fingerprint density at radius 1 is 0.969 bits per heavy atom. The molecule has 1 fully saturated rings. The van der Waals surface area contributed by atoms with Crippen molar-refractivity contribution < 1.29 is 9.59 Å². The van der Waals surface area contributed by atoms with Gasteiger partial charge in [-0.2, -0.15) is 0 Å². The Labute approximate surface area is 193 Å². The third kappa shape index (κ3) is 5.29. The zero-order valence-corrected chi connectivity index (χ0v) is 18.7. The zero-order chi connectivity index (χ0) is 22.5. The summed E-state index contributed by atoms with van der Waals surface area (Å²) in [4.78, 5) is 27.4. The maximum absolute atomic E-state index is 12.8. The fourth-order valence-corrected chi connectivity index (χ4v) is 4.14. The highest BCUT2D eigenvalue weighted by atomic mass is 35.5. The fraction of sp³-hybridized carbons (Fsp3) is 0.231. The van der Waals surface area contributed by atoms with Gasteiger partial charge in [0.1, 0.15) is 0 Å². The summed E-state index contributed by atoms with van der Waals surface area (Å²) in [6, 6.07) is 22.4. The predicted molar refractivity (Wildman–Crippen MR) is 130 cm³/mol. The molecule has 1 aliphatic heterocycles. The summed E-state index contributed by atoms with van der Waals surface area (Å²) in [5.41, 5.74) is 4.24. The van der Waals surface area contributed by atoms with Crippen LogP contribution in [-0.4, -0.2) is 29.9 Å². The average Bonchev–Trinajstić information content (AvgIpc) is 2.82. The largest absolute Gasteiger partial charge is 0.324 e. The van der Waals surface area contributed by atoms with Crippen molar-refractivity contribution in [3.05, 3.63) is 94.5 Å². The lowest BCUT2D eigenvalue weighted by Gasteiger charge is -2.33. The summed E-state index contributed by atoms with van der Waals surface area (Å²) in [5.74, 6) is 0.0558. The summed E-state index contributed by atoms with van der Waals surface area (Å²) in [5, 5.41) is 6.56. The number of halogens is 1. The van der Waals surface area contributed by atoms with Crippen LogP contribution in [0.3, 0.4) is 0 Å². The number of hydrogen-bond acceptors (Lipinski definition) is 2. The molecule has 3 amide bonds. The highest BCUT2D eigenvalue weighted by Gasteiger charge is 2.25. The van der Waals surface area contributed by atoms with Crippen molar-refractivity contribution in [2.75, 3.05) is 23.7 Å². The molecule has 32 heavy (non-hydrogen) atoms. The molecule has 0 aliphatic carbocycles. The van der Waals surface area contributed by atoms with Gasteiger partial charge in [0.05, 0.1) is 0 Å². The molecule has 2 N–H and O–H groups in total. The minimum absolute atomic E-state index is 0.120. The van der Waals surface area contributed by atoms with E-state index in [4.69, 9.17) is 11.6 Å². The number of carbonyl (C=O) groups excluding carboxylic acids is 2. The van der Waals surface area contributed by atoms with Crippen LogP contribution in [0, 0.1) is 6.92 Å². The number of piperidine rings is 1. The fourth-order valence-electron chi connectivity index (χ4n) is 4.01. The second kappa shape index (κ2) is 9.88. The van der Waals surface area contributed by atoms with E-state index in [0.29, 0.717) is 23.7 Å². The molecule has 1 atom stereocenters. The van der Waals surface area contributed by atoms with Crippen LogP contribution >= 0.6 is 11.6 Å². The van der Waals surface area contributed by atoms with Crippen LogP contribution in [-0.2, 0) is 0 Å². The van der Waals surface area contributed by atoms with Crippen LogP contribution in [0.2, 0.25) is 5.02 Å². The molecule has 4 rings (SSSR count). The number of para-hydroxylation sites is 1. The van der Waals surface area contributed by atoms with Crippen molar-refractivity contribution >= 4 is 34.9 Å². The Morgan fingerprint density at radius 2 is 1.75 bits per heavy atom. The van der Waals surface area contributed by atoms with E-state index in [1.807, 2.05) is 60.4 Å². The quantitative estimate of drug-likeness (QED) is 0.492. The first-order valence-electron chi connectivity index (χ1n) is 10.8. The van der Waals surface area contributed by atoms with Gasteiger partial charge in [0.2, 0.25) is 0 Å². The molecule has 3 aromatic rings. The van der Waals surface area contributed by atoms with Crippen molar-refractivity contribution in [2.24, 2.45) is 0 Å². The molecule has 0 radical (unpaired) electrons. The Bertz CT molecular complexity index is 1110. The number of nitrogens with zero attached hydrogens (tertiary/aromatic N) is 1. The SMILES string of the molecule is Cc1ccccc1NC(=O)c1cccc([C@@H]2CCCN(C(=O)Nc3ccc(Cl)cc3)C2)c1. The van der Waals surface area contributed by atoms with Gasteiger partial charge in [0.15, 0.2) is 0 Å². The van der Waals surface area contributed by atoms with Crippen molar-refractivity contribution in [1.82, 2.24) is 4.90 Å². The topological polar surface area (TPSA) is 61.4 Å².